The number of aromatic nitrogens is 3. The summed E-state index contributed by atoms with van der Waals surface area (Å²) in [5, 5.41) is 11.0. The summed E-state index contributed by atoms with van der Waals surface area (Å²) in [6.45, 7) is 4.02. The maximum atomic E-state index is 14.7. The molecule has 1 saturated heterocycles. The molecule has 0 spiro atoms. The highest BCUT2D eigenvalue weighted by atomic mass is 19.2. The Morgan fingerprint density at radius 2 is 1.83 bits per heavy atom. The Bertz CT molecular complexity index is 1600. The first kappa shape index (κ1) is 26.9. The number of halogens is 2. The Balaban J connectivity index is 1.33. The number of hydrogen-bond acceptors (Lipinski definition) is 7. The van der Waals surface area contributed by atoms with Gasteiger partial charge >= 0.3 is 0 Å². The molecule has 11 heteroatoms. The second-order valence-electron chi connectivity index (χ2n) is 10.5. The highest BCUT2D eigenvalue weighted by Gasteiger charge is 2.25. The van der Waals surface area contributed by atoms with Gasteiger partial charge in [-0.1, -0.05) is 6.07 Å². The number of benzene rings is 2. The summed E-state index contributed by atoms with van der Waals surface area (Å²) in [5.41, 5.74) is 4.11. The maximum absolute atomic E-state index is 14.7. The number of carbonyl (C=O) groups excluding carboxylic acids is 1. The molecule has 4 aromatic rings. The van der Waals surface area contributed by atoms with Crippen molar-refractivity contribution in [2.75, 3.05) is 32.2 Å². The number of nitrogens with zero attached hydrogens (tertiary/aromatic N) is 3. The van der Waals surface area contributed by atoms with Crippen LogP contribution in [0.2, 0.25) is 0 Å². The number of aryl methyl sites for hydroxylation is 1. The van der Waals surface area contributed by atoms with Crippen molar-refractivity contribution in [2.45, 2.75) is 38.6 Å². The molecule has 2 aliphatic rings. The number of ether oxygens (including phenoxy) is 3. The van der Waals surface area contributed by atoms with E-state index < -0.39 is 11.6 Å². The van der Waals surface area contributed by atoms with Gasteiger partial charge in [0.15, 0.2) is 17.1 Å². The lowest BCUT2D eigenvalue weighted by Crippen LogP contribution is -2.26. The van der Waals surface area contributed by atoms with Crippen LogP contribution >= 0.6 is 0 Å². The van der Waals surface area contributed by atoms with Crippen LogP contribution in [-0.4, -0.2) is 53.4 Å². The monoisotopic (exact) mass is 563 g/mol. The molecular formula is C30H31F2N5O4. The van der Waals surface area contributed by atoms with Gasteiger partial charge in [-0.3, -0.25) is 4.79 Å². The number of amides is 1. The summed E-state index contributed by atoms with van der Waals surface area (Å²) in [6.07, 6.45) is 5.66. The van der Waals surface area contributed by atoms with E-state index in [0.29, 0.717) is 35.1 Å². The third-order valence-corrected chi connectivity index (χ3v) is 7.45. The fourth-order valence-corrected chi connectivity index (χ4v) is 4.91. The summed E-state index contributed by atoms with van der Waals surface area (Å²) in [4.78, 5) is 17.4. The highest BCUT2D eigenvalue weighted by Crippen LogP contribution is 2.33. The molecule has 2 aromatic heterocycles. The number of carbonyl (C=O) groups is 1. The van der Waals surface area contributed by atoms with Crippen molar-refractivity contribution in [1.29, 1.82) is 0 Å². The molecule has 0 unspecified atom stereocenters. The normalized spacial score (nSPS) is 15.6. The standard InChI is InChI=1S/C30H31F2N5O4/c1-17-13-19(3-6-21(17)30(38)34-20-4-5-20)23-16-37-29(35-23)22(33-15-18-9-11-40-12-10-18)14-26(36-37)41-25-8-7-24(39-2)27(31)28(25)32/h3,6-8,13-14,16,18,20,33H,4-5,9-12,15H2,1-2H3,(H,34,38). The number of nitrogens with one attached hydrogen (secondary N) is 2. The molecule has 1 saturated carbocycles. The van der Waals surface area contributed by atoms with Crippen LogP contribution < -0.4 is 20.1 Å². The molecule has 3 heterocycles. The predicted octanol–water partition coefficient (Wildman–Crippen LogP) is 5.51. The Morgan fingerprint density at radius 1 is 1.07 bits per heavy atom. The van der Waals surface area contributed by atoms with Gasteiger partial charge in [-0.05, 0) is 68.4 Å². The Kier molecular flexibility index (Phi) is 7.44. The molecule has 2 aromatic carbocycles. The van der Waals surface area contributed by atoms with Crippen LogP contribution in [-0.2, 0) is 4.74 Å². The van der Waals surface area contributed by atoms with E-state index >= 15 is 0 Å². The molecule has 0 bridgehead atoms. The molecule has 41 heavy (non-hydrogen) atoms. The molecule has 2 fully saturated rings. The zero-order valence-electron chi connectivity index (χ0n) is 22.9. The van der Waals surface area contributed by atoms with Crippen molar-refractivity contribution >= 4 is 17.2 Å². The van der Waals surface area contributed by atoms with E-state index in [1.54, 1.807) is 22.8 Å². The van der Waals surface area contributed by atoms with Gasteiger partial charge in [-0.25, -0.2) is 9.50 Å². The minimum atomic E-state index is -1.17. The Hall–Kier alpha value is -4.25. The van der Waals surface area contributed by atoms with Crippen molar-refractivity contribution in [3.8, 4) is 28.6 Å². The number of hydrogen-bond donors (Lipinski definition) is 2. The van der Waals surface area contributed by atoms with E-state index in [9.17, 15) is 13.6 Å². The molecule has 1 aliphatic heterocycles. The number of fused-ring (bicyclic) bond motifs is 1. The van der Waals surface area contributed by atoms with Gasteiger partial charge in [0.25, 0.3) is 5.91 Å². The summed E-state index contributed by atoms with van der Waals surface area (Å²) < 4.78 is 46.6. The predicted molar refractivity (Wildman–Crippen MR) is 149 cm³/mol. The molecule has 214 valence electrons. The zero-order chi connectivity index (χ0) is 28.5. The third-order valence-electron chi connectivity index (χ3n) is 7.45. The van der Waals surface area contributed by atoms with E-state index in [2.05, 4.69) is 15.7 Å². The molecule has 0 radical (unpaired) electrons. The zero-order valence-corrected chi connectivity index (χ0v) is 22.9. The minimum Gasteiger partial charge on any atom is -0.494 e. The van der Waals surface area contributed by atoms with Crippen molar-refractivity contribution < 1.29 is 27.8 Å². The Labute approximate surface area is 235 Å². The largest absolute Gasteiger partial charge is 0.494 e. The van der Waals surface area contributed by atoms with Crippen LogP contribution in [0.25, 0.3) is 16.9 Å². The highest BCUT2D eigenvalue weighted by molar-refractivity contribution is 5.96. The van der Waals surface area contributed by atoms with Crippen LogP contribution in [0.5, 0.6) is 17.4 Å². The lowest BCUT2D eigenvalue weighted by molar-refractivity contribution is 0.0699. The van der Waals surface area contributed by atoms with Gasteiger partial charge < -0.3 is 24.8 Å². The number of anilines is 1. The molecule has 9 nitrogen and oxygen atoms in total. The van der Waals surface area contributed by atoms with Gasteiger partial charge in [0.2, 0.25) is 17.5 Å². The number of methoxy groups -OCH3 is 1. The van der Waals surface area contributed by atoms with Crippen molar-refractivity contribution in [2.24, 2.45) is 5.92 Å². The molecule has 0 atom stereocenters. The summed E-state index contributed by atoms with van der Waals surface area (Å²) in [7, 11) is 1.26. The Morgan fingerprint density at radius 3 is 2.56 bits per heavy atom. The lowest BCUT2D eigenvalue weighted by atomic mass is 10.0. The fourth-order valence-electron chi connectivity index (χ4n) is 4.91. The van der Waals surface area contributed by atoms with Crippen molar-refractivity contribution in [1.82, 2.24) is 19.9 Å². The minimum absolute atomic E-state index is 0.0580. The smallest absolute Gasteiger partial charge is 0.251 e. The van der Waals surface area contributed by atoms with Gasteiger partial charge in [-0.15, -0.1) is 5.10 Å². The van der Waals surface area contributed by atoms with Crippen molar-refractivity contribution in [3.05, 3.63) is 65.4 Å². The first-order chi connectivity index (χ1) is 19.9. The molecule has 1 aliphatic carbocycles. The second kappa shape index (κ2) is 11.3. The lowest BCUT2D eigenvalue weighted by Gasteiger charge is -2.22. The van der Waals surface area contributed by atoms with E-state index in [4.69, 9.17) is 19.2 Å². The third kappa shape index (κ3) is 5.81. The van der Waals surface area contributed by atoms with Gasteiger partial charge in [0.05, 0.1) is 24.7 Å². The van der Waals surface area contributed by atoms with Gasteiger partial charge in [-0.2, -0.15) is 8.78 Å². The first-order valence-electron chi connectivity index (χ1n) is 13.7. The van der Waals surface area contributed by atoms with Gasteiger partial charge in [0, 0.05) is 43.0 Å². The van der Waals surface area contributed by atoms with Crippen LogP contribution in [0.4, 0.5) is 14.5 Å². The summed E-state index contributed by atoms with van der Waals surface area (Å²) in [5.74, 6) is -2.45. The van der Waals surface area contributed by atoms with E-state index in [1.807, 2.05) is 19.1 Å². The average molecular weight is 564 g/mol. The number of rotatable bonds is 9. The second-order valence-corrected chi connectivity index (χ2v) is 10.5. The fraction of sp³-hybridized carbons (Fsp3) is 0.367. The van der Waals surface area contributed by atoms with Crippen molar-refractivity contribution in [3.63, 3.8) is 0 Å². The topological polar surface area (TPSA) is 99.0 Å². The summed E-state index contributed by atoms with van der Waals surface area (Å²) >= 11 is 0. The first-order valence-corrected chi connectivity index (χ1v) is 13.7. The van der Waals surface area contributed by atoms with Crippen LogP contribution in [0.15, 0.2) is 42.6 Å². The van der Waals surface area contributed by atoms with Crippen LogP contribution in [0.1, 0.15) is 41.6 Å². The van der Waals surface area contributed by atoms with Crippen LogP contribution in [0, 0.1) is 24.5 Å². The molecular weight excluding hydrogens is 532 g/mol. The SMILES string of the molecule is COc1ccc(Oc2cc(NCC3CCOCC3)c3nc(-c4ccc(C(=O)NC5CC5)c(C)c4)cn3n2)c(F)c1F. The van der Waals surface area contributed by atoms with E-state index in [0.717, 1.165) is 50.0 Å². The maximum Gasteiger partial charge on any atom is 0.251 e. The quantitative estimate of drug-likeness (QED) is 0.277. The molecule has 6 rings (SSSR count). The summed E-state index contributed by atoms with van der Waals surface area (Å²) in [6, 6.07) is 10.1. The van der Waals surface area contributed by atoms with Gasteiger partial charge in [0.1, 0.15) is 0 Å². The van der Waals surface area contributed by atoms with E-state index in [1.165, 1.54) is 19.2 Å². The number of imidazole rings is 1. The van der Waals surface area contributed by atoms with E-state index in [-0.39, 0.29) is 29.3 Å². The van der Waals surface area contributed by atoms with Crippen LogP contribution in [0.3, 0.4) is 0 Å². The molecule has 2 N–H and O–H groups in total. The average Bonchev–Trinajstić information content (AvgIpc) is 3.69. The molecule has 1 amide bonds.